The van der Waals surface area contributed by atoms with Crippen molar-refractivity contribution in [3.8, 4) is 0 Å². The van der Waals surface area contributed by atoms with E-state index in [9.17, 15) is 4.79 Å². The molecule has 0 radical (unpaired) electrons. The molecular weight excluding hydrogens is 208 g/mol. The van der Waals surface area contributed by atoms with Gasteiger partial charge in [-0.15, -0.1) is 0 Å². The number of hydrogen-bond donors (Lipinski definition) is 3. The summed E-state index contributed by atoms with van der Waals surface area (Å²) in [4.78, 5) is 11.3. The molecule has 1 aromatic rings. The summed E-state index contributed by atoms with van der Waals surface area (Å²) >= 11 is 0. The number of nitrogens with two attached hydrogens (primary N) is 1. The SMILES string of the molecule is CC(CO)n1nc(C(N)=O)c2c1CCNC2. The topological polar surface area (TPSA) is 93.2 Å². The summed E-state index contributed by atoms with van der Waals surface area (Å²) in [6.07, 6.45) is 0.806. The molecule has 2 rings (SSSR count). The van der Waals surface area contributed by atoms with Crippen LogP contribution in [0.4, 0.5) is 0 Å². The van der Waals surface area contributed by atoms with Crippen molar-refractivity contribution in [1.29, 1.82) is 0 Å². The summed E-state index contributed by atoms with van der Waals surface area (Å²) in [6.45, 7) is 3.33. The first kappa shape index (κ1) is 11.1. The highest BCUT2D eigenvalue weighted by atomic mass is 16.3. The van der Waals surface area contributed by atoms with Gasteiger partial charge in [0.2, 0.25) is 0 Å². The second-order valence-corrected chi connectivity index (χ2v) is 4.04. The monoisotopic (exact) mass is 224 g/mol. The third-order valence-electron chi connectivity index (χ3n) is 2.87. The second kappa shape index (κ2) is 4.23. The van der Waals surface area contributed by atoms with Crippen LogP contribution in [0.15, 0.2) is 0 Å². The van der Waals surface area contributed by atoms with E-state index in [1.807, 2.05) is 6.92 Å². The fourth-order valence-electron chi connectivity index (χ4n) is 2.01. The van der Waals surface area contributed by atoms with Crippen LogP contribution < -0.4 is 11.1 Å². The number of nitrogens with one attached hydrogen (secondary N) is 1. The van der Waals surface area contributed by atoms with Crippen molar-refractivity contribution in [2.24, 2.45) is 5.73 Å². The minimum atomic E-state index is -0.510. The molecule has 1 aliphatic heterocycles. The molecule has 0 aliphatic carbocycles. The Morgan fingerprint density at radius 2 is 2.50 bits per heavy atom. The van der Waals surface area contributed by atoms with E-state index >= 15 is 0 Å². The first-order valence-corrected chi connectivity index (χ1v) is 5.36. The summed E-state index contributed by atoms with van der Waals surface area (Å²) in [5.74, 6) is -0.510. The number of nitrogens with zero attached hydrogens (tertiary/aromatic N) is 2. The van der Waals surface area contributed by atoms with Crippen LogP contribution in [-0.4, -0.2) is 33.9 Å². The molecule has 0 saturated carbocycles. The summed E-state index contributed by atoms with van der Waals surface area (Å²) in [5, 5.41) is 16.5. The van der Waals surface area contributed by atoms with E-state index in [0.717, 1.165) is 24.2 Å². The van der Waals surface area contributed by atoms with Crippen molar-refractivity contribution in [3.05, 3.63) is 17.0 Å². The Labute approximate surface area is 93.4 Å². The third-order valence-corrected chi connectivity index (χ3v) is 2.87. The highest BCUT2D eigenvalue weighted by Gasteiger charge is 2.24. The number of hydrogen-bond acceptors (Lipinski definition) is 4. The van der Waals surface area contributed by atoms with E-state index in [-0.39, 0.29) is 12.6 Å². The second-order valence-electron chi connectivity index (χ2n) is 4.04. The molecule has 16 heavy (non-hydrogen) atoms. The summed E-state index contributed by atoms with van der Waals surface area (Å²) in [6, 6.07) is -0.125. The van der Waals surface area contributed by atoms with Crippen LogP contribution >= 0.6 is 0 Å². The number of amides is 1. The Hall–Kier alpha value is -1.40. The molecule has 0 aromatic carbocycles. The number of aliphatic hydroxyl groups is 1. The molecule has 6 heteroatoms. The lowest BCUT2D eigenvalue weighted by atomic mass is 10.1. The van der Waals surface area contributed by atoms with E-state index < -0.39 is 5.91 Å². The van der Waals surface area contributed by atoms with E-state index in [1.54, 1.807) is 4.68 Å². The molecule has 0 saturated heterocycles. The van der Waals surface area contributed by atoms with Gasteiger partial charge in [-0.1, -0.05) is 0 Å². The average Bonchev–Trinajstić information content (AvgIpc) is 2.67. The van der Waals surface area contributed by atoms with Crippen LogP contribution in [0.3, 0.4) is 0 Å². The number of rotatable bonds is 3. The van der Waals surface area contributed by atoms with Gasteiger partial charge in [0.05, 0.1) is 12.6 Å². The Morgan fingerprint density at radius 1 is 1.75 bits per heavy atom. The van der Waals surface area contributed by atoms with Gasteiger partial charge in [0.25, 0.3) is 5.91 Å². The van der Waals surface area contributed by atoms with Crippen LogP contribution in [-0.2, 0) is 13.0 Å². The molecule has 88 valence electrons. The maximum absolute atomic E-state index is 11.3. The Morgan fingerprint density at radius 3 is 3.12 bits per heavy atom. The van der Waals surface area contributed by atoms with E-state index in [0.29, 0.717) is 12.2 Å². The number of carbonyl (C=O) groups excluding carboxylic acids is 1. The normalized spacial score (nSPS) is 16.9. The maximum atomic E-state index is 11.3. The van der Waals surface area contributed by atoms with Crippen molar-refractivity contribution in [3.63, 3.8) is 0 Å². The lowest BCUT2D eigenvalue weighted by Crippen LogP contribution is -2.27. The van der Waals surface area contributed by atoms with Gasteiger partial charge in [-0.2, -0.15) is 5.10 Å². The Bertz CT molecular complexity index is 413. The third kappa shape index (κ3) is 1.70. The van der Waals surface area contributed by atoms with Crippen molar-refractivity contribution >= 4 is 5.91 Å². The van der Waals surface area contributed by atoms with Crippen LogP contribution in [0.1, 0.15) is 34.7 Å². The number of carbonyl (C=O) groups is 1. The zero-order chi connectivity index (χ0) is 11.7. The molecular formula is C10H16N4O2. The van der Waals surface area contributed by atoms with Gasteiger partial charge in [-0.25, -0.2) is 0 Å². The van der Waals surface area contributed by atoms with Gasteiger partial charge < -0.3 is 16.2 Å². The molecule has 1 aromatic heterocycles. The summed E-state index contributed by atoms with van der Waals surface area (Å²) in [7, 11) is 0. The van der Waals surface area contributed by atoms with Crippen LogP contribution in [0, 0.1) is 0 Å². The largest absolute Gasteiger partial charge is 0.394 e. The standard InChI is InChI=1S/C10H16N4O2/c1-6(5-15)14-8-2-3-12-4-7(8)9(13-14)10(11)16/h6,12,15H,2-5H2,1H3,(H2,11,16). The summed E-state index contributed by atoms with van der Waals surface area (Å²) < 4.78 is 1.72. The number of aromatic nitrogens is 2. The van der Waals surface area contributed by atoms with Crippen LogP contribution in [0.2, 0.25) is 0 Å². The minimum Gasteiger partial charge on any atom is -0.394 e. The zero-order valence-electron chi connectivity index (χ0n) is 9.23. The highest BCUT2D eigenvalue weighted by Crippen LogP contribution is 2.21. The molecule has 1 aliphatic rings. The van der Waals surface area contributed by atoms with Crippen LogP contribution in [0.5, 0.6) is 0 Å². The minimum absolute atomic E-state index is 0.000248. The van der Waals surface area contributed by atoms with Gasteiger partial charge in [0, 0.05) is 30.8 Å². The number of aliphatic hydroxyl groups excluding tert-OH is 1. The highest BCUT2D eigenvalue weighted by molar-refractivity contribution is 5.92. The van der Waals surface area contributed by atoms with Crippen molar-refractivity contribution in [2.75, 3.05) is 13.2 Å². The molecule has 4 N–H and O–H groups in total. The van der Waals surface area contributed by atoms with Gasteiger partial charge in [-0.3, -0.25) is 9.48 Å². The number of primary amides is 1. The van der Waals surface area contributed by atoms with Gasteiger partial charge >= 0.3 is 0 Å². The quantitative estimate of drug-likeness (QED) is 0.625. The smallest absolute Gasteiger partial charge is 0.269 e. The van der Waals surface area contributed by atoms with Gasteiger partial charge in [-0.05, 0) is 6.92 Å². The predicted octanol–water partition coefficient (Wildman–Crippen LogP) is -0.819. The molecule has 0 bridgehead atoms. The van der Waals surface area contributed by atoms with Crippen LogP contribution in [0.25, 0.3) is 0 Å². The fraction of sp³-hybridized carbons (Fsp3) is 0.600. The first-order valence-electron chi connectivity index (χ1n) is 5.36. The Balaban J connectivity index is 2.50. The lowest BCUT2D eigenvalue weighted by molar-refractivity contribution is 0.0993. The van der Waals surface area contributed by atoms with Gasteiger partial charge in [0.15, 0.2) is 5.69 Å². The Kier molecular flexibility index (Phi) is 2.93. The molecule has 1 atom stereocenters. The van der Waals surface area contributed by atoms with E-state index in [2.05, 4.69) is 10.4 Å². The maximum Gasteiger partial charge on any atom is 0.269 e. The van der Waals surface area contributed by atoms with Crippen molar-refractivity contribution in [1.82, 2.24) is 15.1 Å². The molecule has 0 fully saturated rings. The predicted molar refractivity (Wildman–Crippen MR) is 58.0 cm³/mol. The summed E-state index contributed by atoms with van der Waals surface area (Å²) in [5.41, 5.74) is 7.49. The fourth-order valence-corrected chi connectivity index (χ4v) is 2.01. The first-order chi connectivity index (χ1) is 7.65. The molecule has 6 nitrogen and oxygen atoms in total. The zero-order valence-corrected chi connectivity index (χ0v) is 9.23. The van der Waals surface area contributed by atoms with E-state index in [4.69, 9.17) is 10.8 Å². The van der Waals surface area contributed by atoms with E-state index in [1.165, 1.54) is 0 Å². The van der Waals surface area contributed by atoms with Gasteiger partial charge in [0.1, 0.15) is 0 Å². The molecule has 2 heterocycles. The molecule has 1 unspecified atom stereocenters. The molecule has 0 spiro atoms. The number of fused-ring (bicyclic) bond motifs is 1. The van der Waals surface area contributed by atoms with Crippen molar-refractivity contribution < 1.29 is 9.90 Å². The van der Waals surface area contributed by atoms with Crippen molar-refractivity contribution in [2.45, 2.75) is 25.9 Å². The lowest BCUT2D eigenvalue weighted by Gasteiger charge is -2.18. The average molecular weight is 224 g/mol. The molecule has 1 amide bonds.